The fourth-order valence-corrected chi connectivity index (χ4v) is 7.52. The van der Waals surface area contributed by atoms with Crippen LogP contribution < -0.4 is 5.43 Å². The minimum atomic E-state index is -1.30. The van der Waals surface area contributed by atoms with Crippen molar-refractivity contribution in [2.75, 3.05) is 0 Å². The van der Waals surface area contributed by atoms with Crippen LogP contribution in [0.15, 0.2) is 93.2 Å². The highest BCUT2D eigenvalue weighted by Gasteiger charge is 2.42. The zero-order valence-electron chi connectivity index (χ0n) is 31.6. The summed E-state index contributed by atoms with van der Waals surface area (Å²) in [4.78, 5) is 29.6. The van der Waals surface area contributed by atoms with Crippen LogP contribution in [0.5, 0.6) is 46.0 Å². The first kappa shape index (κ1) is 39.1. The van der Waals surface area contributed by atoms with Gasteiger partial charge in [0.05, 0.1) is 22.6 Å². The molecule has 3 unspecified atom stereocenters. The van der Waals surface area contributed by atoms with Crippen LogP contribution in [0.4, 0.5) is 0 Å². The van der Waals surface area contributed by atoms with E-state index in [9.17, 15) is 45.6 Å². The maximum absolute atomic E-state index is 15.1. The second kappa shape index (κ2) is 15.3. The molecule has 0 saturated heterocycles. The summed E-state index contributed by atoms with van der Waals surface area (Å²) in [6.07, 6.45) is 5.70. The van der Waals surface area contributed by atoms with Crippen molar-refractivity contribution >= 4 is 22.3 Å². The number of ketones is 1. The Labute approximate surface area is 322 Å². The lowest BCUT2D eigenvalue weighted by molar-refractivity contribution is 0.0924. The van der Waals surface area contributed by atoms with Crippen LogP contribution in [0.1, 0.15) is 79.6 Å². The van der Waals surface area contributed by atoms with Gasteiger partial charge in [0.2, 0.25) is 5.43 Å². The summed E-state index contributed by atoms with van der Waals surface area (Å²) in [6.45, 7) is 9.22. The molecule has 0 bridgehead atoms. The average molecular weight is 761 g/mol. The van der Waals surface area contributed by atoms with E-state index in [0.29, 0.717) is 0 Å². The number of fused-ring (bicyclic) bond motifs is 1. The summed E-state index contributed by atoms with van der Waals surface area (Å²) < 4.78 is 6.51. The lowest BCUT2D eigenvalue weighted by atomic mass is 9.66. The molecule has 3 atom stereocenters. The topological polar surface area (TPSA) is 209 Å². The van der Waals surface area contributed by atoms with Gasteiger partial charge in [0.1, 0.15) is 57.1 Å². The quantitative estimate of drug-likeness (QED) is 0.0526. The largest absolute Gasteiger partial charge is 0.508 e. The highest BCUT2D eigenvalue weighted by atomic mass is 16.3. The average Bonchev–Trinajstić information content (AvgIpc) is 3.10. The minimum Gasteiger partial charge on any atom is -0.508 e. The van der Waals surface area contributed by atoms with Gasteiger partial charge in [-0.05, 0) is 94.3 Å². The van der Waals surface area contributed by atoms with Crippen LogP contribution in [0.25, 0.3) is 27.9 Å². The Hall–Kier alpha value is -6.62. The first-order valence-electron chi connectivity index (χ1n) is 18.1. The summed E-state index contributed by atoms with van der Waals surface area (Å²) >= 11 is 0. The third-order valence-electron chi connectivity index (χ3n) is 10.2. The summed E-state index contributed by atoms with van der Waals surface area (Å²) in [5, 5.41) is 87.4. The Morgan fingerprint density at radius 2 is 1.36 bits per heavy atom. The van der Waals surface area contributed by atoms with E-state index in [-0.39, 0.29) is 104 Å². The van der Waals surface area contributed by atoms with Crippen LogP contribution in [-0.2, 0) is 12.8 Å². The molecule has 6 rings (SSSR count). The number of rotatable bonds is 9. The fraction of sp³-hybridized carbons (Fsp3) is 0.244. The molecular weight excluding hydrogens is 716 g/mol. The van der Waals surface area contributed by atoms with Crippen molar-refractivity contribution in [3.63, 3.8) is 0 Å². The van der Waals surface area contributed by atoms with Gasteiger partial charge in [-0.3, -0.25) is 9.59 Å². The van der Waals surface area contributed by atoms with E-state index in [1.807, 2.05) is 34.6 Å². The van der Waals surface area contributed by atoms with Gasteiger partial charge in [-0.15, -0.1) is 0 Å². The molecular formula is C45H44O11. The number of carbonyl (C=O) groups is 1. The van der Waals surface area contributed by atoms with E-state index in [4.69, 9.17) is 4.42 Å². The third kappa shape index (κ3) is 7.27. The molecule has 0 saturated carbocycles. The molecule has 0 radical (unpaired) electrons. The molecule has 56 heavy (non-hydrogen) atoms. The number of hydrogen-bond donors (Lipinski definition) is 8. The van der Waals surface area contributed by atoms with Crippen LogP contribution in [0.2, 0.25) is 0 Å². The third-order valence-corrected chi connectivity index (χ3v) is 10.2. The van der Waals surface area contributed by atoms with Crippen molar-refractivity contribution in [3.8, 4) is 57.3 Å². The Balaban J connectivity index is 1.70. The molecule has 8 N–H and O–H groups in total. The molecule has 1 aliphatic carbocycles. The molecule has 4 aromatic carbocycles. The standard InChI is InChI=1S/C45H44O11/c1-21(2)6-10-27-33(48)15-14-29(41(27)53)42(54)38-31(26-12-8-24(46)18-34(26)49)16-23(5)17-32(38)39-36(51)20-37(52)40-43(55)30(11-7-22(3)4)44(56-45(39)40)28-13-9-25(47)19-35(28)50/h6-9,12-15,17-20,23,31,38,46-53H,10-11,16H2,1-5H3. The Bertz CT molecular complexity index is 2550. The summed E-state index contributed by atoms with van der Waals surface area (Å²) in [6, 6.07) is 11.3. The second-order valence-corrected chi connectivity index (χ2v) is 14.9. The zero-order valence-corrected chi connectivity index (χ0v) is 31.6. The maximum atomic E-state index is 15.1. The Kier molecular flexibility index (Phi) is 10.6. The van der Waals surface area contributed by atoms with E-state index < -0.39 is 46.0 Å². The van der Waals surface area contributed by atoms with Crippen LogP contribution >= 0.6 is 0 Å². The summed E-state index contributed by atoms with van der Waals surface area (Å²) in [5.74, 6) is -6.26. The smallest absolute Gasteiger partial charge is 0.200 e. The van der Waals surface area contributed by atoms with Crippen LogP contribution in [-0.4, -0.2) is 46.6 Å². The molecule has 0 spiro atoms. The summed E-state index contributed by atoms with van der Waals surface area (Å²) in [7, 11) is 0. The molecule has 1 aromatic heterocycles. The first-order valence-corrected chi connectivity index (χ1v) is 18.1. The predicted molar refractivity (Wildman–Crippen MR) is 213 cm³/mol. The highest BCUT2D eigenvalue weighted by Crippen LogP contribution is 2.53. The Morgan fingerprint density at radius 1 is 0.732 bits per heavy atom. The molecule has 290 valence electrons. The predicted octanol–water partition coefficient (Wildman–Crippen LogP) is 8.83. The van der Waals surface area contributed by atoms with Gasteiger partial charge in [0, 0.05) is 35.2 Å². The number of allylic oxidation sites excluding steroid dienone is 6. The summed E-state index contributed by atoms with van der Waals surface area (Å²) in [5.41, 5.74) is 1.16. The number of phenolic OH excluding ortho intramolecular Hbond substituents is 8. The molecule has 1 heterocycles. The normalized spacial score (nSPS) is 16.7. The van der Waals surface area contributed by atoms with E-state index >= 15 is 4.79 Å². The van der Waals surface area contributed by atoms with Crippen molar-refractivity contribution in [1.82, 2.24) is 0 Å². The Morgan fingerprint density at radius 3 is 1.98 bits per heavy atom. The van der Waals surface area contributed by atoms with Gasteiger partial charge < -0.3 is 45.3 Å². The molecule has 11 heteroatoms. The van der Waals surface area contributed by atoms with E-state index in [0.717, 1.165) is 29.3 Å². The van der Waals surface area contributed by atoms with Crippen molar-refractivity contribution in [2.24, 2.45) is 11.8 Å². The van der Waals surface area contributed by atoms with Gasteiger partial charge in [0.15, 0.2) is 11.4 Å². The molecule has 11 nitrogen and oxygen atoms in total. The van der Waals surface area contributed by atoms with Crippen LogP contribution in [0, 0.1) is 11.8 Å². The van der Waals surface area contributed by atoms with Gasteiger partial charge in [-0.2, -0.15) is 0 Å². The van der Waals surface area contributed by atoms with Crippen molar-refractivity contribution in [3.05, 3.63) is 122 Å². The molecule has 5 aromatic rings. The molecule has 0 amide bonds. The number of Topliss-reactive ketones (excluding diaryl/α,β-unsaturated/α-hetero) is 1. The number of benzene rings is 4. The van der Waals surface area contributed by atoms with Crippen molar-refractivity contribution in [1.29, 1.82) is 0 Å². The number of phenols is 8. The van der Waals surface area contributed by atoms with Gasteiger partial charge in [-0.25, -0.2) is 0 Å². The first-order chi connectivity index (χ1) is 26.5. The van der Waals surface area contributed by atoms with Crippen molar-refractivity contribution in [2.45, 2.75) is 59.8 Å². The van der Waals surface area contributed by atoms with E-state index in [2.05, 4.69) is 0 Å². The monoisotopic (exact) mass is 760 g/mol. The lowest BCUT2D eigenvalue weighted by Gasteiger charge is -2.36. The van der Waals surface area contributed by atoms with Gasteiger partial charge >= 0.3 is 0 Å². The van der Waals surface area contributed by atoms with E-state index in [1.165, 1.54) is 36.4 Å². The SMILES string of the molecule is CC(C)=CCc1c(O)ccc(C(=O)C2C(c3c(O)cc(O)c4c(=O)c(CC=C(C)C)c(-c5ccc(O)cc5O)oc34)=CC(C)CC2c2ccc(O)cc2O)c1O. The van der Waals surface area contributed by atoms with Crippen molar-refractivity contribution < 1.29 is 50.1 Å². The highest BCUT2D eigenvalue weighted by molar-refractivity contribution is 6.10. The van der Waals surface area contributed by atoms with Crippen LogP contribution in [0.3, 0.4) is 0 Å². The van der Waals surface area contributed by atoms with Gasteiger partial charge in [-0.1, -0.05) is 42.4 Å². The number of hydrogen-bond acceptors (Lipinski definition) is 11. The van der Waals surface area contributed by atoms with Gasteiger partial charge in [0.25, 0.3) is 0 Å². The maximum Gasteiger partial charge on any atom is 0.200 e. The number of aromatic hydroxyl groups is 8. The molecule has 1 aliphatic rings. The minimum absolute atomic E-state index is 0.0319. The zero-order chi connectivity index (χ0) is 40.7. The fourth-order valence-electron chi connectivity index (χ4n) is 7.52. The lowest BCUT2D eigenvalue weighted by Crippen LogP contribution is -2.29. The molecule has 0 aliphatic heterocycles. The second-order valence-electron chi connectivity index (χ2n) is 14.9. The van der Waals surface area contributed by atoms with E-state index in [1.54, 1.807) is 18.2 Å². The molecule has 0 fully saturated rings. The number of carbonyl (C=O) groups excluding carboxylic acids is 1.